The molecule has 1 aliphatic rings. The number of carbonyl (C=O) groups excluding carboxylic acids is 2. The highest BCUT2D eigenvalue weighted by molar-refractivity contribution is 5.82. The quantitative estimate of drug-likeness (QED) is 0.912. The first kappa shape index (κ1) is 18.3. The van der Waals surface area contributed by atoms with E-state index < -0.39 is 11.6 Å². The van der Waals surface area contributed by atoms with Crippen molar-refractivity contribution in [3.63, 3.8) is 0 Å². The van der Waals surface area contributed by atoms with Gasteiger partial charge >= 0.3 is 6.09 Å². The molecule has 6 heteroatoms. The van der Waals surface area contributed by atoms with Crippen molar-refractivity contribution < 1.29 is 14.3 Å². The third-order valence-electron chi connectivity index (χ3n) is 3.86. The van der Waals surface area contributed by atoms with E-state index in [0.717, 1.165) is 5.56 Å². The molecule has 1 heterocycles. The monoisotopic (exact) mass is 333 g/mol. The fraction of sp³-hybridized carbons (Fsp3) is 0.556. The molecule has 0 aromatic heterocycles. The van der Waals surface area contributed by atoms with Crippen molar-refractivity contribution in [1.29, 1.82) is 0 Å². The molecule has 1 atom stereocenters. The number of rotatable bonds is 3. The summed E-state index contributed by atoms with van der Waals surface area (Å²) in [7, 11) is 0. The van der Waals surface area contributed by atoms with Crippen molar-refractivity contribution in [3.8, 4) is 0 Å². The van der Waals surface area contributed by atoms with Crippen molar-refractivity contribution in [3.05, 3.63) is 35.9 Å². The van der Waals surface area contributed by atoms with Crippen LogP contribution in [0.3, 0.4) is 0 Å². The predicted molar refractivity (Wildman–Crippen MR) is 92.5 cm³/mol. The van der Waals surface area contributed by atoms with Gasteiger partial charge in [0, 0.05) is 26.2 Å². The Morgan fingerprint density at radius 3 is 2.17 bits per heavy atom. The summed E-state index contributed by atoms with van der Waals surface area (Å²) >= 11 is 0. The molecule has 0 spiro atoms. The van der Waals surface area contributed by atoms with E-state index in [4.69, 9.17) is 10.5 Å². The highest BCUT2D eigenvalue weighted by atomic mass is 16.6. The lowest BCUT2D eigenvalue weighted by atomic mass is 10.1. The zero-order valence-corrected chi connectivity index (χ0v) is 14.7. The molecular formula is C18H27N3O3. The first-order valence-corrected chi connectivity index (χ1v) is 8.32. The second-order valence-corrected chi connectivity index (χ2v) is 7.09. The first-order valence-electron chi connectivity index (χ1n) is 8.32. The Morgan fingerprint density at radius 2 is 1.62 bits per heavy atom. The number of carbonyl (C=O) groups is 2. The van der Waals surface area contributed by atoms with E-state index in [1.807, 2.05) is 51.1 Å². The Balaban J connectivity index is 1.83. The molecule has 1 aliphatic heterocycles. The van der Waals surface area contributed by atoms with Crippen LogP contribution in [0.15, 0.2) is 30.3 Å². The number of ether oxygens (including phenoxy) is 1. The number of amides is 2. The van der Waals surface area contributed by atoms with E-state index in [-0.39, 0.29) is 12.0 Å². The Labute approximate surface area is 143 Å². The lowest BCUT2D eigenvalue weighted by molar-refractivity contribution is -0.134. The second kappa shape index (κ2) is 7.66. The maximum Gasteiger partial charge on any atom is 0.410 e. The summed E-state index contributed by atoms with van der Waals surface area (Å²) in [6.07, 6.45) is 0.189. The molecule has 0 bridgehead atoms. The normalized spacial score (nSPS) is 16.7. The molecule has 1 saturated heterocycles. The fourth-order valence-corrected chi connectivity index (χ4v) is 2.63. The summed E-state index contributed by atoms with van der Waals surface area (Å²) in [6, 6.07) is 9.19. The van der Waals surface area contributed by atoms with E-state index in [0.29, 0.717) is 32.6 Å². The van der Waals surface area contributed by atoms with Crippen LogP contribution in [-0.4, -0.2) is 59.6 Å². The maximum absolute atomic E-state index is 12.5. The van der Waals surface area contributed by atoms with Crippen LogP contribution in [0.2, 0.25) is 0 Å². The smallest absolute Gasteiger partial charge is 0.410 e. The SMILES string of the molecule is CC(C)(C)OC(=O)N1CCN(C(=O)[C@@H](N)Cc2ccccc2)CC1. The summed E-state index contributed by atoms with van der Waals surface area (Å²) in [5.41, 5.74) is 6.60. The van der Waals surface area contributed by atoms with Crippen LogP contribution in [0.25, 0.3) is 0 Å². The standard InChI is InChI=1S/C18H27N3O3/c1-18(2,3)24-17(23)21-11-9-20(10-12-21)16(22)15(19)13-14-7-5-4-6-8-14/h4-8,15H,9-13,19H2,1-3H3/t15-/m0/s1. The van der Waals surface area contributed by atoms with Gasteiger partial charge in [-0.15, -0.1) is 0 Å². The third-order valence-corrected chi connectivity index (χ3v) is 3.86. The molecular weight excluding hydrogens is 306 g/mol. The molecule has 1 aromatic rings. The Bertz CT molecular complexity index is 561. The highest BCUT2D eigenvalue weighted by Crippen LogP contribution is 2.13. The first-order chi connectivity index (χ1) is 11.3. The number of nitrogens with two attached hydrogens (primary N) is 1. The van der Waals surface area contributed by atoms with Crippen LogP contribution in [-0.2, 0) is 16.0 Å². The average molecular weight is 333 g/mol. The lowest BCUT2D eigenvalue weighted by Crippen LogP contribution is -2.55. The van der Waals surface area contributed by atoms with E-state index in [1.165, 1.54) is 0 Å². The van der Waals surface area contributed by atoms with Gasteiger partial charge in [-0.3, -0.25) is 4.79 Å². The van der Waals surface area contributed by atoms with Gasteiger partial charge in [-0.05, 0) is 32.8 Å². The van der Waals surface area contributed by atoms with Crippen LogP contribution in [0.4, 0.5) is 4.79 Å². The van der Waals surface area contributed by atoms with Crippen molar-refractivity contribution in [2.45, 2.75) is 38.8 Å². The topological polar surface area (TPSA) is 75.9 Å². The molecule has 132 valence electrons. The fourth-order valence-electron chi connectivity index (χ4n) is 2.63. The minimum absolute atomic E-state index is 0.0670. The molecule has 6 nitrogen and oxygen atoms in total. The molecule has 2 amide bonds. The van der Waals surface area contributed by atoms with Crippen LogP contribution in [0, 0.1) is 0 Å². The average Bonchev–Trinajstić information content (AvgIpc) is 2.53. The summed E-state index contributed by atoms with van der Waals surface area (Å²) < 4.78 is 5.36. The third kappa shape index (κ3) is 5.23. The van der Waals surface area contributed by atoms with Crippen LogP contribution >= 0.6 is 0 Å². The number of hydrogen-bond acceptors (Lipinski definition) is 4. The van der Waals surface area contributed by atoms with Crippen molar-refractivity contribution in [1.82, 2.24) is 9.80 Å². The zero-order chi connectivity index (χ0) is 17.7. The largest absolute Gasteiger partial charge is 0.444 e. The van der Waals surface area contributed by atoms with Gasteiger partial charge in [-0.25, -0.2) is 4.79 Å². The zero-order valence-electron chi connectivity index (χ0n) is 14.7. The van der Waals surface area contributed by atoms with E-state index in [2.05, 4.69) is 0 Å². The molecule has 2 N–H and O–H groups in total. The molecule has 2 rings (SSSR count). The van der Waals surface area contributed by atoms with E-state index in [1.54, 1.807) is 9.80 Å². The Morgan fingerprint density at radius 1 is 1.08 bits per heavy atom. The maximum atomic E-state index is 12.5. The number of hydrogen-bond donors (Lipinski definition) is 1. The Kier molecular flexibility index (Phi) is 5.83. The molecule has 0 unspecified atom stereocenters. The van der Waals surface area contributed by atoms with Crippen molar-refractivity contribution >= 4 is 12.0 Å². The molecule has 0 radical (unpaired) electrons. The van der Waals surface area contributed by atoms with E-state index >= 15 is 0 Å². The molecule has 0 saturated carbocycles. The minimum atomic E-state index is -0.555. The summed E-state index contributed by atoms with van der Waals surface area (Å²) in [5.74, 6) is -0.0670. The van der Waals surface area contributed by atoms with Gasteiger partial charge in [0.25, 0.3) is 0 Å². The minimum Gasteiger partial charge on any atom is -0.444 e. The van der Waals surface area contributed by atoms with Crippen molar-refractivity contribution in [2.75, 3.05) is 26.2 Å². The molecule has 1 aromatic carbocycles. The van der Waals surface area contributed by atoms with Gasteiger partial charge in [0.15, 0.2) is 0 Å². The highest BCUT2D eigenvalue weighted by Gasteiger charge is 2.29. The Hall–Kier alpha value is -2.08. The van der Waals surface area contributed by atoms with Gasteiger partial charge in [0.05, 0.1) is 6.04 Å². The van der Waals surface area contributed by atoms with Crippen molar-refractivity contribution in [2.24, 2.45) is 5.73 Å². The van der Waals surface area contributed by atoms with Crippen LogP contribution in [0.5, 0.6) is 0 Å². The summed E-state index contributed by atoms with van der Waals surface area (Å²) in [5, 5.41) is 0. The molecule has 0 aliphatic carbocycles. The van der Waals surface area contributed by atoms with Gasteiger partial charge in [0.1, 0.15) is 5.60 Å². The van der Waals surface area contributed by atoms with Gasteiger partial charge in [0.2, 0.25) is 5.91 Å². The molecule has 24 heavy (non-hydrogen) atoms. The lowest BCUT2D eigenvalue weighted by Gasteiger charge is -2.36. The summed E-state index contributed by atoms with van der Waals surface area (Å²) in [6.45, 7) is 7.44. The molecule has 1 fully saturated rings. The summed E-state index contributed by atoms with van der Waals surface area (Å²) in [4.78, 5) is 27.9. The van der Waals surface area contributed by atoms with Crippen LogP contribution in [0.1, 0.15) is 26.3 Å². The predicted octanol–water partition coefficient (Wildman–Crippen LogP) is 1.64. The number of piperazine rings is 1. The van der Waals surface area contributed by atoms with Gasteiger partial charge in [-0.1, -0.05) is 30.3 Å². The second-order valence-electron chi connectivity index (χ2n) is 7.09. The van der Waals surface area contributed by atoms with Gasteiger partial charge < -0.3 is 20.3 Å². The number of nitrogens with zero attached hydrogens (tertiary/aromatic N) is 2. The van der Waals surface area contributed by atoms with Crippen LogP contribution < -0.4 is 5.73 Å². The van der Waals surface area contributed by atoms with E-state index in [9.17, 15) is 9.59 Å². The number of benzene rings is 1. The van der Waals surface area contributed by atoms with Gasteiger partial charge in [-0.2, -0.15) is 0 Å².